The zero-order chi connectivity index (χ0) is 17.2. The van der Waals surface area contributed by atoms with Crippen molar-refractivity contribution < 1.29 is 17.7 Å². The highest BCUT2D eigenvalue weighted by Gasteiger charge is 2.18. The number of aromatic nitrogens is 2. The molecule has 4 rings (SSSR count). The molecule has 1 aliphatic rings. The maximum absolute atomic E-state index is 13.7. The molecule has 0 bridgehead atoms. The van der Waals surface area contributed by atoms with E-state index in [1.165, 1.54) is 31.0 Å². The molecule has 7 heteroatoms. The molecule has 0 N–H and O–H groups in total. The minimum absolute atomic E-state index is 0.0796. The van der Waals surface area contributed by atoms with Gasteiger partial charge in [0, 0.05) is 12.0 Å². The van der Waals surface area contributed by atoms with E-state index >= 15 is 0 Å². The van der Waals surface area contributed by atoms with Crippen molar-refractivity contribution in [1.82, 2.24) is 15.0 Å². The summed E-state index contributed by atoms with van der Waals surface area (Å²) in [6.45, 7) is 2.91. The van der Waals surface area contributed by atoms with Gasteiger partial charge in [0.15, 0.2) is 11.6 Å². The first-order chi connectivity index (χ1) is 12.2. The molecule has 0 atom stereocenters. The number of nitrogens with zero attached hydrogens (tertiary/aromatic N) is 3. The highest BCUT2D eigenvalue weighted by Crippen LogP contribution is 2.23. The third kappa shape index (κ3) is 3.46. The van der Waals surface area contributed by atoms with Crippen molar-refractivity contribution in [3.63, 3.8) is 0 Å². The molecule has 25 heavy (non-hydrogen) atoms. The van der Waals surface area contributed by atoms with Crippen molar-refractivity contribution in [3.8, 4) is 11.7 Å². The maximum atomic E-state index is 13.7. The van der Waals surface area contributed by atoms with Crippen molar-refractivity contribution in [3.05, 3.63) is 59.1 Å². The van der Waals surface area contributed by atoms with Gasteiger partial charge in [-0.1, -0.05) is 11.2 Å². The fourth-order valence-electron chi connectivity index (χ4n) is 3.02. The topological polar surface area (TPSA) is 55.3 Å². The second kappa shape index (κ2) is 6.76. The lowest BCUT2D eigenvalue weighted by Crippen LogP contribution is -2.17. The fraction of sp³-hybridized carbons (Fsp3) is 0.333. The standard InChI is InChI=1S/C18H17F2N3O2/c19-14-4-3-5-15(20)13(14)10-17-21-18(25-22-17)16-7-6-12(24-16)11-23-8-1-2-9-23/h3-7H,1-2,8-11H2. The number of rotatable bonds is 5. The molecule has 3 aromatic rings. The molecule has 2 aromatic heterocycles. The number of hydrogen-bond donors (Lipinski definition) is 0. The molecule has 0 unspecified atom stereocenters. The van der Waals surface area contributed by atoms with Crippen molar-refractivity contribution in [2.24, 2.45) is 0 Å². The van der Waals surface area contributed by atoms with Crippen molar-refractivity contribution in [2.75, 3.05) is 13.1 Å². The SMILES string of the molecule is Fc1cccc(F)c1Cc1noc(-c2ccc(CN3CCCC3)o2)n1. The smallest absolute Gasteiger partial charge is 0.293 e. The van der Waals surface area contributed by atoms with Crippen LogP contribution in [0.4, 0.5) is 8.78 Å². The van der Waals surface area contributed by atoms with Crippen LogP contribution in [0.1, 0.15) is 30.0 Å². The van der Waals surface area contributed by atoms with Crippen LogP contribution < -0.4 is 0 Å². The lowest BCUT2D eigenvalue weighted by molar-refractivity contribution is 0.297. The summed E-state index contributed by atoms with van der Waals surface area (Å²) in [4.78, 5) is 6.51. The summed E-state index contributed by atoms with van der Waals surface area (Å²) in [6, 6.07) is 7.38. The van der Waals surface area contributed by atoms with Gasteiger partial charge in [-0.05, 0) is 50.2 Å². The van der Waals surface area contributed by atoms with Gasteiger partial charge in [-0.25, -0.2) is 8.78 Å². The van der Waals surface area contributed by atoms with E-state index in [1.807, 2.05) is 6.07 Å². The van der Waals surface area contributed by atoms with Crippen LogP contribution >= 0.6 is 0 Å². The first-order valence-corrected chi connectivity index (χ1v) is 8.26. The maximum Gasteiger partial charge on any atom is 0.293 e. The van der Waals surface area contributed by atoms with Gasteiger partial charge in [0.05, 0.1) is 6.54 Å². The molecule has 1 fully saturated rings. The Bertz CT molecular complexity index is 849. The fourth-order valence-corrected chi connectivity index (χ4v) is 3.02. The van der Waals surface area contributed by atoms with Gasteiger partial charge >= 0.3 is 0 Å². The largest absolute Gasteiger partial charge is 0.455 e. The van der Waals surface area contributed by atoms with Crippen molar-refractivity contribution >= 4 is 0 Å². The molecule has 5 nitrogen and oxygen atoms in total. The van der Waals surface area contributed by atoms with Crippen LogP contribution in [0.5, 0.6) is 0 Å². The van der Waals surface area contributed by atoms with E-state index in [0.717, 1.165) is 25.4 Å². The Balaban J connectivity index is 1.48. The summed E-state index contributed by atoms with van der Waals surface area (Å²) in [5.74, 6) is 0.448. The van der Waals surface area contributed by atoms with Crippen molar-refractivity contribution in [1.29, 1.82) is 0 Å². The number of likely N-dealkylation sites (tertiary alicyclic amines) is 1. The summed E-state index contributed by atoms with van der Waals surface area (Å²) in [5, 5.41) is 3.79. The van der Waals surface area contributed by atoms with E-state index < -0.39 is 11.6 Å². The van der Waals surface area contributed by atoms with E-state index in [2.05, 4.69) is 15.0 Å². The van der Waals surface area contributed by atoms with E-state index in [9.17, 15) is 8.78 Å². The normalized spacial score (nSPS) is 15.1. The van der Waals surface area contributed by atoms with Crippen LogP contribution in [-0.4, -0.2) is 28.1 Å². The van der Waals surface area contributed by atoms with Crippen LogP contribution in [0.25, 0.3) is 11.7 Å². The molecule has 0 saturated carbocycles. The Labute approximate surface area is 143 Å². The summed E-state index contributed by atoms with van der Waals surface area (Å²) >= 11 is 0. The Morgan fingerprint density at radius 2 is 1.80 bits per heavy atom. The van der Waals surface area contributed by atoms with Gasteiger partial charge in [0.1, 0.15) is 17.4 Å². The highest BCUT2D eigenvalue weighted by molar-refractivity contribution is 5.44. The van der Waals surface area contributed by atoms with Gasteiger partial charge in [0.25, 0.3) is 5.89 Å². The Morgan fingerprint density at radius 1 is 1.04 bits per heavy atom. The second-order valence-corrected chi connectivity index (χ2v) is 6.14. The molecular formula is C18H17F2N3O2. The lowest BCUT2D eigenvalue weighted by Gasteiger charge is -2.11. The van der Waals surface area contributed by atoms with Gasteiger partial charge in [-0.3, -0.25) is 4.90 Å². The molecule has 0 spiro atoms. The summed E-state index contributed by atoms with van der Waals surface area (Å²) < 4.78 is 38.4. The monoisotopic (exact) mass is 345 g/mol. The van der Waals surface area contributed by atoms with Crippen LogP contribution in [0.3, 0.4) is 0 Å². The predicted molar refractivity (Wildman–Crippen MR) is 85.7 cm³/mol. The van der Waals surface area contributed by atoms with E-state index in [-0.39, 0.29) is 23.7 Å². The molecule has 0 radical (unpaired) electrons. The van der Waals surface area contributed by atoms with Crippen LogP contribution in [0, 0.1) is 11.6 Å². The third-order valence-corrected chi connectivity index (χ3v) is 4.32. The molecule has 0 aliphatic carbocycles. The molecule has 1 saturated heterocycles. The average Bonchev–Trinajstić information content (AvgIpc) is 3.33. The predicted octanol–water partition coefficient (Wildman–Crippen LogP) is 3.79. The Kier molecular flexibility index (Phi) is 4.31. The molecule has 130 valence electrons. The molecule has 1 aromatic carbocycles. The molecule has 0 amide bonds. The van der Waals surface area contributed by atoms with Gasteiger partial charge < -0.3 is 8.94 Å². The minimum Gasteiger partial charge on any atom is -0.455 e. The lowest BCUT2D eigenvalue weighted by atomic mass is 10.1. The Morgan fingerprint density at radius 3 is 2.56 bits per heavy atom. The highest BCUT2D eigenvalue weighted by atomic mass is 19.1. The number of benzene rings is 1. The minimum atomic E-state index is -0.628. The zero-order valence-electron chi connectivity index (χ0n) is 13.5. The van der Waals surface area contributed by atoms with E-state index in [4.69, 9.17) is 8.94 Å². The Hall–Kier alpha value is -2.54. The number of hydrogen-bond acceptors (Lipinski definition) is 5. The van der Waals surface area contributed by atoms with Gasteiger partial charge in [0.2, 0.25) is 0 Å². The number of furan rings is 1. The second-order valence-electron chi connectivity index (χ2n) is 6.14. The van der Waals surface area contributed by atoms with Crippen LogP contribution in [0.15, 0.2) is 39.3 Å². The van der Waals surface area contributed by atoms with E-state index in [0.29, 0.717) is 5.76 Å². The van der Waals surface area contributed by atoms with E-state index in [1.54, 1.807) is 6.07 Å². The first-order valence-electron chi connectivity index (χ1n) is 8.26. The van der Waals surface area contributed by atoms with Gasteiger partial charge in [-0.15, -0.1) is 0 Å². The summed E-state index contributed by atoms with van der Waals surface area (Å²) in [6.07, 6.45) is 2.35. The molecule has 1 aliphatic heterocycles. The van der Waals surface area contributed by atoms with Crippen LogP contribution in [-0.2, 0) is 13.0 Å². The quantitative estimate of drug-likeness (QED) is 0.704. The zero-order valence-corrected chi connectivity index (χ0v) is 13.5. The van der Waals surface area contributed by atoms with Crippen molar-refractivity contribution in [2.45, 2.75) is 25.8 Å². The average molecular weight is 345 g/mol. The first kappa shape index (κ1) is 16.0. The molecular weight excluding hydrogens is 328 g/mol. The molecule has 3 heterocycles. The number of halogens is 2. The third-order valence-electron chi connectivity index (χ3n) is 4.32. The van der Waals surface area contributed by atoms with Crippen LogP contribution in [0.2, 0.25) is 0 Å². The summed E-state index contributed by atoms with van der Waals surface area (Å²) in [5.41, 5.74) is -0.0796. The van der Waals surface area contributed by atoms with Gasteiger partial charge in [-0.2, -0.15) is 4.98 Å². The summed E-state index contributed by atoms with van der Waals surface area (Å²) in [7, 11) is 0.